The van der Waals surface area contributed by atoms with Gasteiger partial charge in [0.1, 0.15) is 0 Å². The second-order valence-electron chi connectivity index (χ2n) is 6.01. The highest BCUT2D eigenvalue weighted by atomic mass is 35.5. The monoisotopic (exact) mass is 328 g/mol. The first kappa shape index (κ1) is 15.3. The van der Waals surface area contributed by atoms with E-state index >= 15 is 0 Å². The van der Waals surface area contributed by atoms with Gasteiger partial charge in [-0.1, -0.05) is 18.9 Å². The Kier molecular flexibility index (Phi) is 4.52. The number of rotatable bonds is 4. The molecule has 1 unspecified atom stereocenters. The zero-order valence-corrected chi connectivity index (χ0v) is 13.6. The highest BCUT2D eigenvalue weighted by Crippen LogP contribution is 2.37. The van der Waals surface area contributed by atoms with Crippen molar-refractivity contribution in [3.63, 3.8) is 0 Å². The van der Waals surface area contributed by atoms with Gasteiger partial charge >= 0.3 is 0 Å². The third kappa shape index (κ3) is 2.96. The van der Waals surface area contributed by atoms with E-state index in [1.807, 2.05) is 0 Å². The molecule has 0 amide bonds. The average Bonchev–Trinajstić information content (AvgIpc) is 3.17. The van der Waals surface area contributed by atoms with Gasteiger partial charge < -0.3 is 0 Å². The third-order valence-corrected chi connectivity index (χ3v) is 6.87. The molecule has 1 aromatic rings. The van der Waals surface area contributed by atoms with Gasteiger partial charge in [-0.05, 0) is 43.2 Å². The molecular weight excluding hydrogens is 308 g/mol. The molecule has 1 aliphatic carbocycles. The molecule has 0 aromatic carbocycles. The van der Waals surface area contributed by atoms with Crippen LogP contribution in [0, 0.1) is 5.92 Å². The first-order chi connectivity index (χ1) is 10.1. The van der Waals surface area contributed by atoms with Crippen LogP contribution in [0.5, 0.6) is 0 Å². The van der Waals surface area contributed by atoms with Gasteiger partial charge in [0.05, 0.1) is 0 Å². The van der Waals surface area contributed by atoms with Gasteiger partial charge in [0.2, 0.25) is 0 Å². The summed E-state index contributed by atoms with van der Waals surface area (Å²) >= 11 is 5.73. The topological polar surface area (TPSA) is 50.3 Å². The summed E-state index contributed by atoms with van der Waals surface area (Å²) in [6.07, 6.45) is 8.30. The summed E-state index contributed by atoms with van der Waals surface area (Å²) in [5.74, 6) is 0.881. The normalized spacial score (nSPS) is 24.7. The Morgan fingerprint density at radius 1 is 1.19 bits per heavy atom. The number of aromatic nitrogens is 1. The van der Waals surface area contributed by atoms with Crippen LogP contribution in [0.2, 0.25) is 0 Å². The van der Waals surface area contributed by atoms with E-state index in [0.717, 1.165) is 31.2 Å². The smallest absolute Gasteiger partial charge is 0.243 e. The summed E-state index contributed by atoms with van der Waals surface area (Å²) in [5, 5.41) is 0.154. The first-order valence-electron chi connectivity index (χ1n) is 7.65. The van der Waals surface area contributed by atoms with Gasteiger partial charge in [-0.3, -0.25) is 0 Å². The van der Waals surface area contributed by atoms with Crippen molar-refractivity contribution in [1.29, 1.82) is 0 Å². The molecule has 1 aromatic heterocycles. The lowest BCUT2D eigenvalue weighted by atomic mass is 9.97. The highest BCUT2D eigenvalue weighted by Gasteiger charge is 2.40. The van der Waals surface area contributed by atoms with Crippen molar-refractivity contribution >= 4 is 21.6 Å². The number of nitrogens with zero attached hydrogens (tertiary/aromatic N) is 2. The molecular formula is C15H21ClN2O2S. The molecule has 0 bridgehead atoms. The molecule has 0 radical (unpaired) electrons. The number of hydrogen-bond donors (Lipinski definition) is 0. The van der Waals surface area contributed by atoms with Crippen LogP contribution in [0.15, 0.2) is 23.4 Å². The van der Waals surface area contributed by atoms with Crippen LogP contribution in [0.3, 0.4) is 0 Å². The molecule has 2 heterocycles. The number of halogens is 1. The number of hydrogen-bond acceptors (Lipinski definition) is 3. The van der Waals surface area contributed by atoms with Crippen LogP contribution >= 0.6 is 11.6 Å². The van der Waals surface area contributed by atoms with E-state index in [2.05, 4.69) is 4.98 Å². The molecule has 1 saturated carbocycles. The van der Waals surface area contributed by atoms with Crippen molar-refractivity contribution < 1.29 is 8.42 Å². The standard InChI is InChI=1S/C15H21ClN2O2S/c16-10-12-7-8-15(17-11-12)21(19,20)18-9-3-6-14(18)13-4-1-2-5-13/h7-8,11,13-14H,1-6,9-10H2. The van der Waals surface area contributed by atoms with E-state index in [9.17, 15) is 8.42 Å². The van der Waals surface area contributed by atoms with E-state index in [1.165, 1.54) is 12.8 Å². The SMILES string of the molecule is O=S(=O)(c1ccc(CCl)cn1)N1CCCC1C1CCCC1. The molecule has 0 N–H and O–H groups in total. The van der Waals surface area contributed by atoms with Crippen molar-refractivity contribution in [2.24, 2.45) is 5.92 Å². The molecule has 2 aliphatic rings. The molecule has 6 heteroatoms. The van der Waals surface area contributed by atoms with Crippen LogP contribution in [0.1, 0.15) is 44.1 Å². The highest BCUT2D eigenvalue weighted by molar-refractivity contribution is 7.89. The first-order valence-corrected chi connectivity index (χ1v) is 9.63. The molecule has 0 spiro atoms. The van der Waals surface area contributed by atoms with Crippen LogP contribution < -0.4 is 0 Å². The predicted octanol–water partition coefficient (Wildman–Crippen LogP) is 3.16. The molecule has 21 heavy (non-hydrogen) atoms. The third-order valence-electron chi connectivity index (χ3n) is 4.72. The largest absolute Gasteiger partial charge is 0.260 e. The number of sulfonamides is 1. The Balaban J connectivity index is 1.85. The van der Waals surface area contributed by atoms with E-state index < -0.39 is 10.0 Å². The molecule has 1 saturated heterocycles. The second-order valence-corrected chi connectivity index (χ2v) is 8.11. The van der Waals surface area contributed by atoms with E-state index in [4.69, 9.17) is 11.6 Å². The second kappa shape index (κ2) is 6.23. The van der Waals surface area contributed by atoms with E-state index in [0.29, 0.717) is 18.3 Å². The Bertz CT molecular complexity index is 582. The molecule has 3 rings (SSSR count). The number of alkyl halides is 1. The number of pyridine rings is 1. The molecule has 1 aliphatic heterocycles. The summed E-state index contributed by atoms with van der Waals surface area (Å²) in [5.41, 5.74) is 0.837. The van der Waals surface area contributed by atoms with Crippen molar-refractivity contribution in [3.8, 4) is 0 Å². The molecule has 2 fully saturated rings. The van der Waals surface area contributed by atoms with Gasteiger partial charge in [-0.15, -0.1) is 11.6 Å². The molecule has 116 valence electrons. The van der Waals surface area contributed by atoms with Crippen molar-refractivity contribution in [2.75, 3.05) is 6.54 Å². The lowest BCUT2D eigenvalue weighted by molar-refractivity contribution is 0.287. The fourth-order valence-corrected chi connectivity index (χ4v) is 5.47. The Morgan fingerprint density at radius 3 is 2.57 bits per heavy atom. The van der Waals surface area contributed by atoms with Crippen LogP contribution in [0.4, 0.5) is 0 Å². The van der Waals surface area contributed by atoms with Crippen molar-refractivity contribution in [1.82, 2.24) is 9.29 Å². The van der Waals surface area contributed by atoms with Gasteiger partial charge in [0.25, 0.3) is 10.0 Å². The van der Waals surface area contributed by atoms with Crippen LogP contribution in [-0.2, 0) is 15.9 Å². The van der Waals surface area contributed by atoms with Gasteiger partial charge in [-0.2, -0.15) is 4.31 Å². The molecule has 4 nitrogen and oxygen atoms in total. The van der Waals surface area contributed by atoms with Crippen molar-refractivity contribution in [2.45, 2.75) is 55.5 Å². The summed E-state index contributed by atoms with van der Waals surface area (Å²) in [6.45, 7) is 0.627. The summed E-state index contributed by atoms with van der Waals surface area (Å²) < 4.78 is 27.4. The minimum absolute atomic E-state index is 0.154. The average molecular weight is 329 g/mol. The lowest BCUT2D eigenvalue weighted by Gasteiger charge is -2.28. The van der Waals surface area contributed by atoms with Crippen molar-refractivity contribution in [3.05, 3.63) is 23.9 Å². The Morgan fingerprint density at radius 2 is 1.95 bits per heavy atom. The Labute approximate surface area is 131 Å². The summed E-state index contributed by atoms with van der Waals surface area (Å²) in [7, 11) is -3.47. The maximum absolute atomic E-state index is 12.8. The lowest BCUT2D eigenvalue weighted by Crippen LogP contribution is -2.39. The summed E-state index contributed by atoms with van der Waals surface area (Å²) in [4.78, 5) is 4.11. The minimum atomic E-state index is -3.47. The Hall–Kier alpha value is -0.650. The predicted molar refractivity (Wildman–Crippen MR) is 82.7 cm³/mol. The van der Waals surface area contributed by atoms with E-state index in [-0.39, 0.29) is 11.1 Å². The molecule has 1 atom stereocenters. The minimum Gasteiger partial charge on any atom is -0.243 e. The van der Waals surface area contributed by atoms with Crippen LogP contribution in [0.25, 0.3) is 0 Å². The summed E-state index contributed by atoms with van der Waals surface area (Å²) in [6, 6.07) is 3.50. The van der Waals surface area contributed by atoms with Crippen LogP contribution in [-0.4, -0.2) is 30.3 Å². The fraction of sp³-hybridized carbons (Fsp3) is 0.667. The van der Waals surface area contributed by atoms with Gasteiger partial charge in [0, 0.05) is 24.7 Å². The van der Waals surface area contributed by atoms with Gasteiger partial charge in [-0.25, -0.2) is 13.4 Å². The van der Waals surface area contributed by atoms with Gasteiger partial charge in [0.15, 0.2) is 5.03 Å². The maximum atomic E-state index is 12.8. The quantitative estimate of drug-likeness (QED) is 0.798. The van der Waals surface area contributed by atoms with E-state index in [1.54, 1.807) is 22.6 Å². The fourth-order valence-electron chi connectivity index (χ4n) is 3.64. The zero-order chi connectivity index (χ0) is 14.9. The zero-order valence-electron chi connectivity index (χ0n) is 12.0. The maximum Gasteiger partial charge on any atom is 0.260 e.